The van der Waals surface area contributed by atoms with Crippen LogP contribution in [0.4, 0.5) is 5.69 Å². The quantitative estimate of drug-likeness (QED) is 0.778. The van der Waals surface area contributed by atoms with E-state index in [4.69, 9.17) is 17.0 Å². The lowest BCUT2D eigenvalue weighted by Gasteiger charge is -2.31. The molecular weight excluding hydrogens is 336 g/mol. The van der Waals surface area contributed by atoms with Crippen molar-refractivity contribution in [2.45, 2.75) is 37.6 Å². The smallest absolute Gasteiger partial charge is 0.171 e. The van der Waals surface area contributed by atoms with Crippen LogP contribution < -0.4 is 10.6 Å². The minimum Gasteiger partial charge on any atom is -0.385 e. The van der Waals surface area contributed by atoms with Crippen LogP contribution in [0.2, 0.25) is 0 Å². The van der Waals surface area contributed by atoms with Crippen LogP contribution in [0, 0.1) is 0 Å². The predicted molar refractivity (Wildman–Crippen MR) is 91.2 cm³/mol. The van der Waals surface area contributed by atoms with Gasteiger partial charge in [0.2, 0.25) is 0 Å². The Kier molecular flexibility index (Phi) is 5.81. The van der Waals surface area contributed by atoms with E-state index in [9.17, 15) is 0 Å². The first-order chi connectivity index (χ1) is 9.63. The Bertz CT molecular complexity index is 444. The number of benzene rings is 1. The molecule has 0 aromatic heterocycles. The molecule has 0 unspecified atom stereocenters. The van der Waals surface area contributed by atoms with Crippen molar-refractivity contribution < 1.29 is 4.74 Å². The van der Waals surface area contributed by atoms with Crippen LogP contribution in [0.5, 0.6) is 0 Å². The molecule has 0 atom stereocenters. The molecule has 2 N–H and O–H groups in total. The molecular formula is C15H21BrN2OS. The normalized spacial score (nSPS) is 16.9. The fourth-order valence-electron chi connectivity index (χ4n) is 2.72. The fraction of sp³-hybridized carbons (Fsp3) is 0.533. The number of anilines is 1. The largest absolute Gasteiger partial charge is 0.385 e. The van der Waals surface area contributed by atoms with E-state index in [0.29, 0.717) is 5.11 Å². The van der Waals surface area contributed by atoms with Gasteiger partial charge < -0.3 is 15.4 Å². The van der Waals surface area contributed by atoms with Crippen molar-refractivity contribution >= 4 is 38.9 Å². The van der Waals surface area contributed by atoms with Crippen LogP contribution in [0.3, 0.4) is 0 Å². The van der Waals surface area contributed by atoms with E-state index in [1.165, 1.54) is 25.7 Å². The number of thiocarbonyl (C=S) groups is 1. The second-order valence-electron chi connectivity index (χ2n) is 5.32. The zero-order valence-corrected chi connectivity index (χ0v) is 14.1. The number of nitrogens with one attached hydrogen (secondary N) is 2. The Hall–Kier alpha value is -0.650. The second kappa shape index (κ2) is 7.38. The SMILES string of the molecule is COCCC1(NC(=S)Nc2ccc(Br)cc2)CCCC1. The molecule has 1 saturated carbocycles. The topological polar surface area (TPSA) is 33.3 Å². The third-order valence-electron chi connectivity index (χ3n) is 3.83. The third kappa shape index (κ3) is 4.43. The highest BCUT2D eigenvalue weighted by molar-refractivity contribution is 9.10. The van der Waals surface area contributed by atoms with Crippen molar-refractivity contribution in [3.8, 4) is 0 Å². The minimum absolute atomic E-state index is 0.107. The van der Waals surface area contributed by atoms with Gasteiger partial charge in [-0.15, -0.1) is 0 Å². The van der Waals surface area contributed by atoms with Crippen molar-refractivity contribution in [3.05, 3.63) is 28.7 Å². The molecule has 0 bridgehead atoms. The van der Waals surface area contributed by atoms with Crippen molar-refractivity contribution in [1.82, 2.24) is 5.32 Å². The number of ether oxygens (including phenoxy) is 1. The highest BCUT2D eigenvalue weighted by Crippen LogP contribution is 2.32. The first-order valence-corrected chi connectivity index (χ1v) is 8.17. The molecule has 110 valence electrons. The average molecular weight is 357 g/mol. The van der Waals surface area contributed by atoms with E-state index in [2.05, 4.69) is 26.6 Å². The molecule has 1 fully saturated rings. The van der Waals surface area contributed by atoms with Crippen LogP contribution in [-0.4, -0.2) is 24.4 Å². The van der Waals surface area contributed by atoms with Crippen LogP contribution in [0.25, 0.3) is 0 Å². The molecule has 1 aromatic rings. The highest BCUT2D eigenvalue weighted by atomic mass is 79.9. The van der Waals surface area contributed by atoms with Crippen LogP contribution in [0.1, 0.15) is 32.1 Å². The molecule has 2 rings (SSSR count). The lowest BCUT2D eigenvalue weighted by Crippen LogP contribution is -2.48. The standard InChI is InChI=1S/C15H21BrN2OS/c1-19-11-10-15(8-2-3-9-15)18-14(20)17-13-6-4-12(16)5-7-13/h4-7H,2-3,8-11H2,1H3,(H2,17,18,20). The van der Waals surface area contributed by atoms with E-state index in [0.717, 1.165) is 23.2 Å². The molecule has 0 amide bonds. The molecule has 20 heavy (non-hydrogen) atoms. The minimum atomic E-state index is 0.107. The molecule has 1 aliphatic rings. The maximum absolute atomic E-state index is 5.45. The van der Waals surface area contributed by atoms with Crippen LogP contribution in [-0.2, 0) is 4.74 Å². The monoisotopic (exact) mass is 356 g/mol. The number of hydrogen-bond acceptors (Lipinski definition) is 2. The molecule has 0 radical (unpaired) electrons. The summed E-state index contributed by atoms with van der Waals surface area (Å²) in [6, 6.07) is 8.02. The number of hydrogen-bond donors (Lipinski definition) is 2. The summed E-state index contributed by atoms with van der Waals surface area (Å²) in [7, 11) is 1.75. The Morgan fingerprint density at radius 3 is 2.55 bits per heavy atom. The summed E-state index contributed by atoms with van der Waals surface area (Å²) in [5, 5.41) is 7.47. The molecule has 3 nitrogen and oxygen atoms in total. The van der Waals surface area contributed by atoms with Gasteiger partial charge in [0.25, 0.3) is 0 Å². The summed E-state index contributed by atoms with van der Waals surface area (Å²) in [6.07, 6.45) is 5.86. The van der Waals surface area contributed by atoms with Gasteiger partial charge in [-0.2, -0.15) is 0 Å². The van der Waals surface area contributed by atoms with Gasteiger partial charge >= 0.3 is 0 Å². The Morgan fingerprint density at radius 2 is 1.95 bits per heavy atom. The van der Waals surface area contributed by atoms with Gasteiger partial charge in [0.05, 0.1) is 0 Å². The lowest BCUT2D eigenvalue weighted by molar-refractivity contribution is 0.163. The summed E-state index contributed by atoms with van der Waals surface area (Å²) in [4.78, 5) is 0. The van der Waals surface area contributed by atoms with Gasteiger partial charge in [-0.3, -0.25) is 0 Å². The van der Waals surface area contributed by atoms with E-state index >= 15 is 0 Å². The van der Waals surface area contributed by atoms with Crippen LogP contribution in [0.15, 0.2) is 28.7 Å². The predicted octanol–water partition coefficient (Wildman–Crippen LogP) is 4.08. The van der Waals surface area contributed by atoms with Gasteiger partial charge in [-0.05, 0) is 55.7 Å². The van der Waals surface area contributed by atoms with Gasteiger partial charge in [0.1, 0.15) is 0 Å². The van der Waals surface area contributed by atoms with Crippen molar-refractivity contribution in [2.24, 2.45) is 0 Å². The summed E-state index contributed by atoms with van der Waals surface area (Å²) in [6.45, 7) is 0.772. The molecule has 0 saturated heterocycles. The molecule has 0 aliphatic heterocycles. The van der Waals surface area contributed by atoms with E-state index in [1.54, 1.807) is 7.11 Å². The van der Waals surface area contributed by atoms with E-state index < -0.39 is 0 Å². The number of halogens is 1. The molecule has 1 aromatic carbocycles. The van der Waals surface area contributed by atoms with E-state index in [1.807, 2.05) is 24.3 Å². The van der Waals surface area contributed by atoms with Crippen molar-refractivity contribution in [3.63, 3.8) is 0 Å². The average Bonchev–Trinajstić information content (AvgIpc) is 2.88. The first kappa shape index (κ1) is 15.7. The zero-order valence-electron chi connectivity index (χ0n) is 11.7. The van der Waals surface area contributed by atoms with Gasteiger partial charge in [-0.1, -0.05) is 28.8 Å². The summed E-state index contributed by atoms with van der Waals surface area (Å²) in [5.41, 5.74) is 1.11. The molecule has 1 aliphatic carbocycles. The molecule has 0 spiro atoms. The molecule has 5 heteroatoms. The lowest BCUT2D eigenvalue weighted by atomic mass is 9.94. The van der Waals surface area contributed by atoms with Gasteiger partial charge in [0.15, 0.2) is 5.11 Å². The summed E-state index contributed by atoms with van der Waals surface area (Å²) >= 11 is 8.88. The zero-order chi connectivity index (χ0) is 14.4. The first-order valence-electron chi connectivity index (χ1n) is 6.97. The Balaban J connectivity index is 1.93. The third-order valence-corrected chi connectivity index (χ3v) is 4.56. The summed E-state index contributed by atoms with van der Waals surface area (Å²) < 4.78 is 6.30. The second-order valence-corrected chi connectivity index (χ2v) is 6.64. The Morgan fingerprint density at radius 1 is 1.30 bits per heavy atom. The van der Waals surface area contributed by atoms with Gasteiger partial charge in [-0.25, -0.2) is 0 Å². The maximum Gasteiger partial charge on any atom is 0.171 e. The highest BCUT2D eigenvalue weighted by Gasteiger charge is 2.33. The van der Waals surface area contributed by atoms with Crippen molar-refractivity contribution in [1.29, 1.82) is 0 Å². The maximum atomic E-state index is 5.45. The number of methoxy groups -OCH3 is 1. The molecule has 0 heterocycles. The summed E-state index contributed by atoms with van der Waals surface area (Å²) in [5.74, 6) is 0. The van der Waals surface area contributed by atoms with Gasteiger partial charge in [0, 0.05) is 29.4 Å². The fourth-order valence-corrected chi connectivity index (χ4v) is 3.32. The van der Waals surface area contributed by atoms with E-state index in [-0.39, 0.29) is 5.54 Å². The van der Waals surface area contributed by atoms with Crippen molar-refractivity contribution in [2.75, 3.05) is 19.0 Å². The Labute approximate surface area is 134 Å². The van der Waals surface area contributed by atoms with Crippen LogP contribution >= 0.6 is 28.1 Å². The number of rotatable bonds is 5.